The Kier molecular flexibility index (Phi) is 3.96. The first-order valence-corrected chi connectivity index (χ1v) is 5.97. The van der Waals surface area contributed by atoms with Crippen LogP contribution in [0.4, 0.5) is 0 Å². The molecule has 0 unspecified atom stereocenters. The van der Waals surface area contributed by atoms with Crippen molar-refractivity contribution in [1.29, 1.82) is 0 Å². The van der Waals surface area contributed by atoms with Gasteiger partial charge in [0.15, 0.2) is 0 Å². The molecule has 19 heavy (non-hydrogen) atoms. The highest BCUT2D eigenvalue weighted by atomic mass is 32.1. The fraction of sp³-hybridized carbons (Fsp3) is 0.250. The minimum Gasteiger partial charge on any atom is -0.497 e. The van der Waals surface area contributed by atoms with Gasteiger partial charge in [-0.05, 0) is 37.3 Å². The van der Waals surface area contributed by atoms with E-state index in [0.717, 1.165) is 11.3 Å². The van der Waals surface area contributed by atoms with Crippen LogP contribution in [0.25, 0.3) is 0 Å². The van der Waals surface area contributed by atoms with Gasteiger partial charge >= 0.3 is 0 Å². The number of ether oxygens (including phenoxy) is 2. The molecule has 1 aromatic heterocycles. The van der Waals surface area contributed by atoms with Gasteiger partial charge in [0.25, 0.3) is 0 Å². The van der Waals surface area contributed by atoms with Gasteiger partial charge in [-0.1, -0.05) is 0 Å². The SMILES string of the molecule is COc1ccc(OC)c(/C=N\n2c(C)n[nH]c2=S)c1. The Labute approximate surface area is 115 Å². The van der Waals surface area contributed by atoms with Crippen LogP contribution in [0.3, 0.4) is 0 Å². The molecule has 0 spiro atoms. The van der Waals surface area contributed by atoms with Crippen LogP contribution in [0.5, 0.6) is 11.5 Å². The lowest BCUT2D eigenvalue weighted by atomic mass is 10.2. The summed E-state index contributed by atoms with van der Waals surface area (Å²) in [7, 11) is 3.22. The molecular weight excluding hydrogens is 264 g/mol. The number of hydrogen-bond acceptors (Lipinski definition) is 5. The number of nitrogens with one attached hydrogen (secondary N) is 1. The van der Waals surface area contributed by atoms with Crippen LogP contribution < -0.4 is 9.47 Å². The highest BCUT2D eigenvalue weighted by Crippen LogP contribution is 2.22. The molecule has 0 saturated heterocycles. The van der Waals surface area contributed by atoms with Crippen LogP contribution >= 0.6 is 12.2 Å². The summed E-state index contributed by atoms with van der Waals surface area (Å²) >= 11 is 5.07. The number of benzene rings is 1. The maximum Gasteiger partial charge on any atom is 0.216 e. The van der Waals surface area contributed by atoms with Crippen LogP contribution in [0.2, 0.25) is 0 Å². The van der Waals surface area contributed by atoms with E-state index < -0.39 is 0 Å². The molecule has 1 N–H and O–H groups in total. The van der Waals surface area contributed by atoms with E-state index in [9.17, 15) is 0 Å². The molecule has 0 saturated carbocycles. The van der Waals surface area contributed by atoms with Gasteiger partial charge in [0.05, 0.1) is 20.4 Å². The molecule has 0 aliphatic carbocycles. The van der Waals surface area contributed by atoms with Crippen LogP contribution in [0.1, 0.15) is 11.4 Å². The minimum absolute atomic E-state index is 0.440. The molecule has 2 aromatic rings. The lowest BCUT2D eigenvalue weighted by Gasteiger charge is -2.06. The number of aromatic amines is 1. The van der Waals surface area contributed by atoms with Crippen molar-refractivity contribution in [2.45, 2.75) is 6.92 Å². The minimum atomic E-state index is 0.440. The smallest absolute Gasteiger partial charge is 0.216 e. The highest BCUT2D eigenvalue weighted by Gasteiger charge is 2.03. The van der Waals surface area contributed by atoms with Gasteiger partial charge in [0.2, 0.25) is 4.77 Å². The van der Waals surface area contributed by atoms with E-state index in [4.69, 9.17) is 21.7 Å². The Morgan fingerprint density at radius 3 is 2.74 bits per heavy atom. The topological polar surface area (TPSA) is 64.4 Å². The van der Waals surface area contributed by atoms with E-state index in [-0.39, 0.29) is 0 Å². The van der Waals surface area contributed by atoms with Gasteiger partial charge in [-0.2, -0.15) is 14.9 Å². The van der Waals surface area contributed by atoms with E-state index >= 15 is 0 Å². The van der Waals surface area contributed by atoms with Crippen molar-refractivity contribution < 1.29 is 9.47 Å². The third-order valence-corrected chi connectivity index (χ3v) is 2.83. The van der Waals surface area contributed by atoms with Crippen molar-refractivity contribution in [3.05, 3.63) is 34.4 Å². The molecule has 0 radical (unpaired) electrons. The van der Waals surface area contributed by atoms with Crippen LogP contribution in [-0.4, -0.2) is 35.3 Å². The number of rotatable bonds is 4. The number of nitrogens with zero attached hydrogens (tertiary/aromatic N) is 3. The lowest BCUT2D eigenvalue weighted by Crippen LogP contribution is -1.96. The summed E-state index contributed by atoms with van der Waals surface area (Å²) in [5.41, 5.74) is 0.796. The number of H-pyrrole nitrogens is 1. The predicted octanol–water partition coefficient (Wildman–Crippen LogP) is 2.15. The average Bonchev–Trinajstić information content (AvgIpc) is 2.75. The third kappa shape index (κ3) is 2.82. The fourth-order valence-corrected chi connectivity index (χ4v) is 1.79. The molecule has 0 fully saturated rings. The Morgan fingerprint density at radius 1 is 1.37 bits per heavy atom. The maximum atomic E-state index is 5.27. The second-order valence-corrected chi connectivity index (χ2v) is 4.13. The molecule has 0 aliphatic rings. The summed E-state index contributed by atoms with van der Waals surface area (Å²) in [6.45, 7) is 1.81. The maximum absolute atomic E-state index is 5.27. The van der Waals surface area contributed by atoms with Gasteiger partial charge in [-0.3, -0.25) is 5.10 Å². The second kappa shape index (κ2) is 5.66. The molecule has 2 rings (SSSR count). The van der Waals surface area contributed by atoms with Gasteiger partial charge in [0, 0.05) is 5.56 Å². The molecule has 0 atom stereocenters. The van der Waals surface area contributed by atoms with Gasteiger partial charge in [0.1, 0.15) is 17.3 Å². The molecule has 100 valence electrons. The molecular formula is C12H14N4O2S. The largest absolute Gasteiger partial charge is 0.497 e. The van der Waals surface area contributed by atoms with Crippen molar-refractivity contribution in [2.75, 3.05) is 14.2 Å². The number of aromatic nitrogens is 3. The second-order valence-electron chi connectivity index (χ2n) is 3.74. The zero-order chi connectivity index (χ0) is 13.8. The Bertz CT molecular complexity index is 660. The first kappa shape index (κ1) is 13.3. The summed E-state index contributed by atoms with van der Waals surface area (Å²) in [4.78, 5) is 0. The zero-order valence-corrected chi connectivity index (χ0v) is 11.7. The average molecular weight is 278 g/mol. The lowest BCUT2D eigenvalue weighted by molar-refractivity contribution is 0.402. The predicted molar refractivity (Wildman–Crippen MR) is 74.7 cm³/mol. The van der Waals surface area contributed by atoms with Gasteiger partial charge in [-0.25, -0.2) is 0 Å². The fourth-order valence-electron chi connectivity index (χ4n) is 1.57. The van der Waals surface area contributed by atoms with Gasteiger partial charge < -0.3 is 9.47 Å². The van der Waals surface area contributed by atoms with E-state index in [1.54, 1.807) is 20.4 Å². The Balaban J connectivity index is 2.39. The van der Waals surface area contributed by atoms with E-state index in [2.05, 4.69) is 15.3 Å². The number of aryl methyl sites for hydroxylation is 1. The van der Waals surface area contributed by atoms with Crippen molar-refractivity contribution in [3.8, 4) is 11.5 Å². The van der Waals surface area contributed by atoms with Crippen molar-refractivity contribution in [3.63, 3.8) is 0 Å². The molecule has 0 bridgehead atoms. The van der Waals surface area contributed by atoms with Crippen molar-refractivity contribution in [1.82, 2.24) is 14.9 Å². The quantitative estimate of drug-likeness (QED) is 0.687. The van der Waals surface area contributed by atoms with E-state index in [1.165, 1.54) is 4.68 Å². The van der Waals surface area contributed by atoms with Crippen LogP contribution in [0, 0.1) is 11.7 Å². The van der Waals surface area contributed by atoms with E-state index in [1.807, 2.05) is 25.1 Å². The van der Waals surface area contributed by atoms with Crippen molar-refractivity contribution >= 4 is 18.4 Å². The summed E-state index contributed by atoms with van der Waals surface area (Å²) in [6, 6.07) is 5.48. The van der Waals surface area contributed by atoms with Crippen LogP contribution in [0.15, 0.2) is 23.3 Å². The summed E-state index contributed by atoms with van der Waals surface area (Å²) in [5, 5.41) is 10.9. The molecule has 1 aromatic carbocycles. The van der Waals surface area contributed by atoms with Gasteiger partial charge in [-0.15, -0.1) is 0 Å². The van der Waals surface area contributed by atoms with E-state index in [0.29, 0.717) is 16.3 Å². The number of methoxy groups -OCH3 is 2. The summed E-state index contributed by atoms with van der Waals surface area (Å²) in [6.07, 6.45) is 1.65. The number of hydrogen-bond donors (Lipinski definition) is 1. The first-order valence-electron chi connectivity index (χ1n) is 5.56. The normalized spacial score (nSPS) is 10.9. The standard InChI is InChI=1S/C12H14N4O2S/c1-8-14-15-12(19)16(8)13-7-9-6-10(17-2)4-5-11(9)18-3/h4-7H,1-3H3,(H,15,19)/b13-7-. The molecule has 1 heterocycles. The third-order valence-electron chi connectivity index (χ3n) is 2.56. The summed E-state index contributed by atoms with van der Waals surface area (Å²) in [5.74, 6) is 2.12. The molecule has 0 amide bonds. The zero-order valence-electron chi connectivity index (χ0n) is 10.9. The summed E-state index contributed by atoms with van der Waals surface area (Å²) < 4.78 is 12.4. The van der Waals surface area contributed by atoms with Crippen LogP contribution in [-0.2, 0) is 0 Å². The molecule has 6 nitrogen and oxygen atoms in total. The first-order chi connectivity index (χ1) is 9.15. The molecule has 0 aliphatic heterocycles. The van der Waals surface area contributed by atoms with Crippen molar-refractivity contribution in [2.24, 2.45) is 5.10 Å². The Morgan fingerprint density at radius 2 is 2.16 bits per heavy atom. The monoisotopic (exact) mass is 278 g/mol. The Hall–Kier alpha value is -2.15. The molecule has 7 heteroatoms. The highest BCUT2D eigenvalue weighted by molar-refractivity contribution is 7.71.